The summed E-state index contributed by atoms with van der Waals surface area (Å²) < 4.78 is 24.9. The third-order valence-electron chi connectivity index (χ3n) is 13.6. The second kappa shape index (κ2) is 15.6. The predicted molar refractivity (Wildman–Crippen MR) is 260 cm³/mol. The smallest absolute Gasteiger partial charge is 0.135 e. The number of hydrogen-bond acceptors (Lipinski definition) is 3. The van der Waals surface area contributed by atoms with Crippen LogP contribution >= 0.6 is 0 Å². The Morgan fingerprint density at radius 3 is 1.39 bits per heavy atom. The maximum atomic E-state index is 6.94. The van der Waals surface area contributed by atoms with Crippen molar-refractivity contribution in [2.24, 2.45) is 0 Å². The third-order valence-corrected chi connectivity index (χ3v) is 13.6. The summed E-state index contributed by atoms with van der Waals surface area (Å²) >= 11 is 0. The van der Waals surface area contributed by atoms with Gasteiger partial charge in [-0.3, -0.25) is 0 Å². The molecule has 0 fully saturated rings. The molecule has 1 spiro atoms. The lowest BCUT2D eigenvalue weighted by molar-refractivity contribution is 0.299. The van der Waals surface area contributed by atoms with Crippen LogP contribution in [-0.4, -0.2) is 22.3 Å². The van der Waals surface area contributed by atoms with Crippen LogP contribution in [0.15, 0.2) is 176 Å². The molecule has 0 radical (unpaired) electrons. The molecule has 2 aliphatic rings. The number of unbranched alkanes of at least 4 members (excludes halogenated alkanes) is 2. The molecule has 0 amide bonds. The van der Waals surface area contributed by atoms with E-state index in [2.05, 4.69) is 185 Å². The van der Waals surface area contributed by atoms with E-state index in [0.29, 0.717) is 13.2 Å². The Kier molecular flexibility index (Phi) is 9.26. The van der Waals surface area contributed by atoms with Gasteiger partial charge in [0.05, 0.1) is 18.6 Å². The summed E-state index contributed by atoms with van der Waals surface area (Å²) in [6.45, 7) is 3.05. The molecule has 0 bridgehead atoms. The number of benzene rings is 8. The van der Waals surface area contributed by atoms with Crippen molar-refractivity contribution >= 4 is 43.6 Å². The van der Waals surface area contributed by atoms with E-state index in [0.717, 1.165) is 84.0 Å². The lowest BCUT2D eigenvalue weighted by Gasteiger charge is -2.39. The highest BCUT2D eigenvalue weighted by atomic mass is 16.5. The Labute approximate surface area is 373 Å². The first-order chi connectivity index (χ1) is 31.7. The SMILES string of the molecule is C#Cc1ccc2c(c1)C1(c3ccc(OCCCCn4c5ccccc5c5ccccc54)cc3Oc3cc(OCCCCn4c5ccccc5c5ccccc54)ccc31)c1ccccc1-2. The number of aromatic nitrogens is 2. The molecule has 0 saturated carbocycles. The Morgan fingerprint density at radius 1 is 0.438 bits per heavy atom. The minimum atomic E-state index is -0.649. The zero-order valence-corrected chi connectivity index (χ0v) is 35.6. The van der Waals surface area contributed by atoms with Crippen LogP contribution < -0.4 is 14.2 Å². The molecule has 0 N–H and O–H groups in total. The summed E-state index contributed by atoms with van der Waals surface area (Å²) in [5, 5.41) is 5.21. The molecular formula is C59H46N2O3. The normalized spacial score (nSPS) is 13.1. The second-order valence-corrected chi connectivity index (χ2v) is 17.1. The van der Waals surface area contributed by atoms with Crippen LogP contribution in [0.5, 0.6) is 23.0 Å². The topological polar surface area (TPSA) is 37.6 Å². The minimum Gasteiger partial charge on any atom is -0.493 e. The molecule has 2 aromatic heterocycles. The molecule has 10 aromatic rings. The van der Waals surface area contributed by atoms with Crippen molar-refractivity contribution in [2.45, 2.75) is 44.2 Å². The molecule has 310 valence electrons. The van der Waals surface area contributed by atoms with Gasteiger partial charge in [-0.15, -0.1) is 6.42 Å². The van der Waals surface area contributed by atoms with Gasteiger partial charge in [-0.25, -0.2) is 0 Å². The van der Waals surface area contributed by atoms with Crippen LogP contribution in [-0.2, 0) is 18.5 Å². The average molecular weight is 831 g/mol. The van der Waals surface area contributed by atoms with E-state index < -0.39 is 5.41 Å². The molecule has 5 heteroatoms. The number of hydrogen-bond donors (Lipinski definition) is 0. The molecular weight excluding hydrogens is 785 g/mol. The van der Waals surface area contributed by atoms with Crippen LogP contribution in [0.1, 0.15) is 53.5 Å². The second-order valence-electron chi connectivity index (χ2n) is 17.1. The Bertz CT molecular complexity index is 3190. The van der Waals surface area contributed by atoms with Crippen molar-refractivity contribution in [3.63, 3.8) is 0 Å². The van der Waals surface area contributed by atoms with Gasteiger partial charge in [0, 0.05) is 85.5 Å². The fourth-order valence-electron chi connectivity index (χ4n) is 10.8. The third kappa shape index (κ3) is 6.01. The maximum absolute atomic E-state index is 6.94. The van der Waals surface area contributed by atoms with Gasteiger partial charge < -0.3 is 23.3 Å². The molecule has 64 heavy (non-hydrogen) atoms. The molecule has 12 rings (SSSR count). The van der Waals surface area contributed by atoms with Gasteiger partial charge in [0.25, 0.3) is 0 Å². The van der Waals surface area contributed by atoms with Crippen LogP contribution in [0.25, 0.3) is 54.7 Å². The molecule has 8 aromatic carbocycles. The van der Waals surface area contributed by atoms with Crippen LogP contribution in [0.4, 0.5) is 0 Å². The summed E-state index contributed by atoms with van der Waals surface area (Å²) in [4.78, 5) is 0. The highest BCUT2D eigenvalue weighted by molar-refractivity contribution is 6.09. The minimum absolute atomic E-state index is 0.601. The van der Waals surface area contributed by atoms with E-state index >= 15 is 0 Å². The first kappa shape index (κ1) is 38.0. The first-order valence-corrected chi connectivity index (χ1v) is 22.6. The van der Waals surface area contributed by atoms with Crippen molar-refractivity contribution in [1.29, 1.82) is 0 Å². The van der Waals surface area contributed by atoms with E-state index in [9.17, 15) is 0 Å². The molecule has 3 heterocycles. The van der Waals surface area contributed by atoms with E-state index in [1.807, 2.05) is 6.07 Å². The van der Waals surface area contributed by atoms with Gasteiger partial charge >= 0.3 is 0 Å². The Balaban J connectivity index is 0.814. The van der Waals surface area contributed by atoms with Crippen molar-refractivity contribution < 1.29 is 14.2 Å². The first-order valence-electron chi connectivity index (χ1n) is 22.6. The largest absolute Gasteiger partial charge is 0.493 e. The number of rotatable bonds is 12. The van der Waals surface area contributed by atoms with Crippen LogP contribution in [0.3, 0.4) is 0 Å². The van der Waals surface area contributed by atoms with Crippen molar-refractivity contribution in [2.75, 3.05) is 13.2 Å². The van der Waals surface area contributed by atoms with Gasteiger partial charge in [-0.1, -0.05) is 121 Å². The van der Waals surface area contributed by atoms with Gasteiger partial charge in [0.1, 0.15) is 23.0 Å². The quantitative estimate of drug-likeness (QED) is 0.0909. The molecule has 5 nitrogen and oxygen atoms in total. The summed E-state index contributed by atoms with van der Waals surface area (Å²) in [6.07, 6.45) is 9.90. The highest BCUT2D eigenvalue weighted by Gasteiger charge is 2.51. The monoisotopic (exact) mass is 830 g/mol. The Hall–Kier alpha value is -7.68. The van der Waals surface area contributed by atoms with Crippen molar-refractivity contribution in [3.05, 3.63) is 204 Å². The lowest BCUT2D eigenvalue weighted by atomic mass is 9.66. The van der Waals surface area contributed by atoms with E-state index in [1.165, 1.54) is 60.3 Å². The average Bonchev–Trinajstić information content (AvgIpc) is 3.95. The number of nitrogens with zero attached hydrogens (tertiary/aromatic N) is 2. The van der Waals surface area contributed by atoms with Gasteiger partial charge in [-0.05, 0) is 96.5 Å². The van der Waals surface area contributed by atoms with Gasteiger partial charge in [0.15, 0.2) is 0 Å². The summed E-state index contributed by atoms with van der Waals surface area (Å²) in [6, 6.07) is 62.7. The van der Waals surface area contributed by atoms with Crippen molar-refractivity contribution in [1.82, 2.24) is 9.13 Å². The van der Waals surface area contributed by atoms with Crippen LogP contribution in [0, 0.1) is 12.3 Å². The number of fused-ring (bicyclic) bond motifs is 15. The van der Waals surface area contributed by atoms with E-state index in [1.54, 1.807) is 0 Å². The maximum Gasteiger partial charge on any atom is 0.135 e. The summed E-state index contributed by atoms with van der Waals surface area (Å²) in [5.74, 6) is 6.03. The molecule has 0 saturated heterocycles. The van der Waals surface area contributed by atoms with Crippen molar-refractivity contribution in [3.8, 4) is 46.5 Å². The number of ether oxygens (including phenoxy) is 3. The molecule has 0 unspecified atom stereocenters. The molecule has 1 aliphatic carbocycles. The fraction of sp³-hybridized carbons (Fsp3) is 0.153. The van der Waals surface area contributed by atoms with Gasteiger partial charge in [-0.2, -0.15) is 0 Å². The predicted octanol–water partition coefficient (Wildman–Crippen LogP) is 14.1. The van der Waals surface area contributed by atoms with E-state index in [4.69, 9.17) is 20.6 Å². The number of terminal acetylenes is 1. The number of aryl methyl sites for hydroxylation is 2. The summed E-state index contributed by atoms with van der Waals surface area (Å²) in [7, 11) is 0. The summed E-state index contributed by atoms with van der Waals surface area (Å²) in [5.41, 5.74) is 12.2. The standard InChI is InChI=1S/C59H46N2O3/c1-2-40-27-30-44-43-17-3-8-22-49(43)59(52(44)37-40)50-31-28-41(62-35-15-13-33-60-53-23-9-4-18-45(53)46-19-5-10-24-54(46)60)38-57(50)64-58-39-42(29-32-51(58)59)63-36-16-14-34-61-55-25-11-6-20-47(55)48-21-7-12-26-56(48)61/h1,3-12,17-32,37-39H,13-16,33-36H2. The zero-order valence-electron chi connectivity index (χ0n) is 35.6. The van der Waals surface area contributed by atoms with Crippen LogP contribution in [0.2, 0.25) is 0 Å². The highest BCUT2D eigenvalue weighted by Crippen LogP contribution is 2.62. The molecule has 0 atom stereocenters. The fourth-order valence-corrected chi connectivity index (χ4v) is 10.8. The lowest BCUT2D eigenvalue weighted by Crippen LogP contribution is -2.32. The Morgan fingerprint density at radius 2 is 0.891 bits per heavy atom. The zero-order chi connectivity index (χ0) is 42.6. The van der Waals surface area contributed by atoms with E-state index in [-0.39, 0.29) is 0 Å². The van der Waals surface area contributed by atoms with Gasteiger partial charge in [0.2, 0.25) is 0 Å². The molecule has 1 aliphatic heterocycles. The number of para-hydroxylation sites is 4.